The maximum Gasteiger partial charge on any atom is 0.341 e. The van der Waals surface area contributed by atoms with E-state index in [2.05, 4.69) is 10.1 Å². The van der Waals surface area contributed by atoms with Gasteiger partial charge in [0.25, 0.3) is 0 Å². The third-order valence-corrected chi connectivity index (χ3v) is 2.67. The van der Waals surface area contributed by atoms with Gasteiger partial charge in [-0.15, -0.1) is 0 Å². The van der Waals surface area contributed by atoms with E-state index in [1.165, 1.54) is 10.7 Å². The quantitative estimate of drug-likeness (QED) is 0.809. The summed E-state index contributed by atoms with van der Waals surface area (Å²) in [6.45, 7) is 2.49. The molecule has 17 heavy (non-hydrogen) atoms. The molecule has 2 rings (SSSR count). The molecule has 0 aliphatic carbocycles. The van der Waals surface area contributed by atoms with Crippen LogP contribution in [0.3, 0.4) is 0 Å². The van der Waals surface area contributed by atoms with Gasteiger partial charge in [0.15, 0.2) is 5.65 Å². The number of hydrogen-bond donors (Lipinski definition) is 2. The van der Waals surface area contributed by atoms with E-state index in [-0.39, 0.29) is 5.56 Å². The third kappa shape index (κ3) is 2.12. The van der Waals surface area contributed by atoms with Gasteiger partial charge < -0.3 is 10.8 Å². The van der Waals surface area contributed by atoms with Crippen molar-refractivity contribution in [2.24, 2.45) is 5.73 Å². The SMILES string of the molecule is Cc1nc2c(C(=O)O)cnn2cc1CCCN. The molecule has 6 heteroatoms. The van der Waals surface area contributed by atoms with Crippen molar-refractivity contribution in [3.05, 3.63) is 29.2 Å². The van der Waals surface area contributed by atoms with E-state index in [0.29, 0.717) is 12.2 Å². The van der Waals surface area contributed by atoms with Crippen molar-refractivity contribution < 1.29 is 9.90 Å². The molecule has 0 aliphatic rings. The molecule has 0 aromatic carbocycles. The zero-order chi connectivity index (χ0) is 12.4. The van der Waals surface area contributed by atoms with Crippen LogP contribution in [0, 0.1) is 6.92 Å². The van der Waals surface area contributed by atoms with Crippen molar-refractivity contribution in [1.82, 2.24) is 14.6 Å². The van der Waals surface area contributed by atoms with Crippen LogP contribution in [-0.2, 0) is 6.42 Å². The maximum absolute atomic E-state index is 10.9. The van der Waals surface area contributed by atoms with E-state index >= 15 is 0 Å². The van der Waals surface area contributed by atoms with Crippen molar-refractivity contribution in [3.63, 3.8) is 0 Å². The average Bonchev–Trinajstić information content (AvgIpc) is 2.68. The van der Waals surface area contributed by atoms with Gasteiger partial charge in [-0.3, -0.25) is 0 Å². The smallest absolute Gasteiger partial charge is 0.341 e. The standard InChI is InChI=1S/C11H14N4O2/c1-7-8(3-2-4-12)6-15-10(14-7)9(5-13-15)11(16)17/h5-6H,2-4,12H2,1H3,(H,16,17). The number of aromatic nitrogens is 3. The number of hydrogen-bond acceptors (Lipinski definition) is 4. The molecule has 0 unspecified atom stereocenters. The molecule has 0 atom stereocenters. The summed E-state index contributed by atoms with van der Waals surface area (Å²) in [6, 6.07) is 0. The third-order valence-electron chi connectivity index (χ3n) is 2.67. The predicted octanol–water partition coefficient (Wildman–Crippen LogP) is 0.627. The average molecular weight is 234 g/mol. The van der Waals surface area contributed by atoms with Crippen molar-refractivity contribution >= 4 is 11.6 Å². The summed E-state index contributed by atoms with van der Waals surface area (Å²) >= 11 is 0. The summed E-state index contributed by atoms with van der Waals surface area (Å²) in [5.74, 6) is -1.01. The molecule has 0 spiro atoms. The molecular weight excluding hydrogens is 220 g/mol. The summed E-state index contributed by atoms with van der Waals surface area (Å²) in [5, 5.41) is 13.0. The van der Waals surface area contributed by atoms with Crippen LogP contribution in [0.25, 0.3) is 5.65 Å². The van der Waals surface area contributed by atoms with Gasteiger partial charge in [-0.1, -0.05) is 0 Å². The zero-order valence-corrected chi connectivity index (χ0v) is 9.55. The van der Waals surface area contributed by atoms with Gasteiger partial charge >= 0.3 is 5.97 Å². The summed E-state index contributed by atoms with van der Waals surface area (Å²) < 4.78 is 1.50. The molecule has 3 N–H and O–H groups in total. The Labute approximate surface area is 98.1 Å². The molecule has 0 fully saturated rings. The first-order valence-corrected chi connectivity index (χ1v) is 5.40. The number of carbonyl (C=O) groups is 1. The molecule has 0 radical (unpaired) electrons. The van der Waals surface area contributed by atoms with Gasteiger partial charge in [-0.25, -0.2) is 14.3 Å². The summed E-state index contributed by atoms with van der Waals surface area (Å²) in [7, 11) is 0. The lowest BCUT2D eigenvalue weighted by Gasteiger charge is -2.05. The van der Waals surface area contributed by atoms with E-state index in [9.17, 15) is 4.79 Å². The number of rotatable bonds is 4. The van der Waals surface area contributed by atoms with Crippen LogP contribution in [0.4, 0.5) is 0 Å². The fraction of sp³-hybridized carbons (Fsp3) is 0.364. The highest BCUT2D eigenvalue weighted by molar-refractivity contribution is 5.94. The number of carboxylic acids is 1. The minimum atomic E-state index is -1.01. The number of fused-ring (bicyclic) bond motifs is 1. The largest absolute Gasteiger partial charge is 0.477 e. The van der Waals surface area contributed by atoms with Crippen LogP contribution in [0.2, 0.25) is 0 Å². The summed E-state index contributed by atoms with van der Waals surface area (Å²) in [5.41, 5.74) is 7.84. The Morgan fingerprint density at radius 1 is 1.59 bits per heavy atom. The molecule has 0 saturated carbocycles. The van der Waals surface area contributed by atoms with Crippen molar-refractivity contribution in [2.45, 2.75) is 19.8 Å². The fourth-order valence-corrected chi connectivity index (χ4v) is 1.72. The Hall–Kier alpha value is -1.95. The van der Waals surface area contributed by atoms with E-state index in [1.54, 1.807) is 0 Å². The first-order valence-electron chi connectivity index (χ1n) is 5.40. The van der Waals surface area contributed by atoms with Gasteiger partial charge in [-0.05, 0) is 31.9 Å². The summed E-state index contributed by atoms with van der Waals surface area (Å²) in [4.78, 5) is 15.2. The molecule has 6 nitrogen and oxygen atoms in total. The van der Waals surface area contributed by atoms with Gasteiger partial charge in [0.2, 0.25) is 0 Å². The second-order valence-electron chi connectivity index (χ2n) is 3.88. The minimum Gasteiger partial charge on any atom is -0.477 e. The van der Waals surface area contributed by atoms with Crippen molar-refractivity contribution in [2.75, 3.05) is 6.54 Å². The first-order chi connectivity index (χ1) is 8.13. The minimum absolute atomic E-state index is 0.124. The van der Waals surface area contributed by atoms with Crippen LogP contribution in [0.15, 0.2) is 12.4 Å². The van der Waals surface area contributed by atoms with Crippen LogP contribution in [-0.4, -0.2) is 32.2 Å². The van der Waals surface area contributed by atoms with Gasteiger partial charge in [0.1, 0.15) is 5.56 Å². The second-order valence-corrected chi connectivity index (χ2v) is 3.88. The van der Waals surface area contributed by atoms with E-state index in [4.69, 9.17) is 10.8 Å². The fourth-order valence-electron chi connectivity index (χ4n) is 1.72. The highest BCUT2D eigenvalue weighted by atomic mass is 16.4. The lowest BCUT2D eigenvalue weighted by molar-refractivity contribution is 0.0699. The molecular formula is C11H14N4O2. The molecule has 0 bridgehead atoms. The Bertz CT molecular complexity index is 562. The van der Waals surface area contributed by atoms with Gasteiger partial charge in [0, 0.05) is 11.9 Å². The number of aromatic carboxylic acids is 1. The molecule has 0 aliphatic heterocycles. The van der Waals surface area contributed by atoms with Crippen LogP contribution in [0.5, 0.6) is 0 Å². The van der Waals surface area contributed by atoms with E-state index in [0.717, 1.165) is 24.1 Å². The number of nitrogens with zero attached hydrogens (tertiary/aromatic N) is 3. The maximum atomic E-state index is 10.9. The topological polar surface area (TPSA) is 93.5 Å². The lowest BCUT2D eigenvalue weighted by atomic mass is 10.1. The van der Waals surface area contributed by atoms with Crippen molar-refractivity contribution in [3.8, 4) is 0 Å². The molecule has 0 saturated heterocycles. The Morgan fingerprint density at radius 2 is 2.35 bits per heavy atom. The highest BCUT2D eigenvalue weighted by Gasteiger charge is 2.13. The van der Waals surface area contributed by atoms with Gasteiger partial charge in [0.05, 0.1) is 6.20 Å². The molecule has 90 valence electrons. The molecule has 2 aromatic rings. The number of carboxylic acid groups (broad SMARTS) is 1. The Balaban J connectivity index is 2.48. The van der Waals surface area contributed by atoms with Crippen molar-refractivity contribution in [1.29, 1.82) is 0 Å². The molecule has 2 aromatic heterocycles. The van der Waals surface area contributed by atoms with Crippen LogP contribution < -0.4 is 5.73 Å². The first kappa shape index (κ1) is 11.5. The lowest BCUT2D eigenvalue weighted by Crippen LogP contribution is -2.05. The monoisotopic (exact) mass is 234 g/mol. The zero-order valence-electron chi connectivity index (χ0n) is 9.55. The van der Waals surface area contributed by atoms with Crippen LogP contribution >= 0.6 is 0 Å². The predicted molar refractivity (Wildman–Crippen MR) is 62.1 cm³/mol. The Kier molecular flexibility index (Phi) is 3.06. The molecule has 2 heterocycles. The Morgan fingerprint density at radius 3 is 3.00 bits per heavy atom. The van der Waals surface area contributed by atoms with E-state index in [1.807, 2.05) is 13.1 Å². The summed E-state index contributed by atoms with van der Waals surface area (Å²) in [6.07, 6.45) is 4.84. The molecule has 0 amide bonds. The van der Waals surface area contributed by atoms with E-state index < -0.39 is 5.97 Å². The normalized spacial score (nSPS) is 10.9. The van der Waals surface area contributed by atoms with Gasteiger partial charge in [-0.2, -0.15) is 5.10 Å². The second kappa shape index (κ2) is 4.50. The number of nitrogens with two attached hydrogens (primary N) is 1. The highest BCUT2D eigenvalue weighted by Crippen LogP contribution is 2.13. The number of aryl methyl sites for hydroxylation is 2. The van der Waals surface area contributed by atoms with Crippen LogP contribution in [0.1, 0.15) is 28.0 Å².